The summed E-state index contributed by atoms with van der Waals surface area (Å²) in [5.74, 6) is 1.43. The third kappa shape index (κ3) is 4.06. The monoisotopic (exact) mass is 465 g/mol. The maximum absolute atomic E-state index is 12.5. The molecule has 2 atom stereocenters. The highest BCUT2D eigenvalue weighted by Crippen LogP contribution is 2.38. The highest BCUT2D eigenvalue weighted by Gasteiger charge is 2.31. The lowest BCUT2D eigenvalue weighted by Gasteiger charge is -2.31. The summed E-state index contributed by atoms with van der Waals surface area (Å²) in [7, 11) is 1.65. The zero-order chi connectivity index (χ0) is 22.1. The molecule has 7 nitrogen and oxygen atoms in total. The Balaban J connectivity index is 1.49. The third-order valence-electron chi connectivity index (χ3n) is 5.43. The van der Waals surface area contributed by atoms with Crippen molar-refractivity contribution in [2.24, 2.45) is 0 Å². The predicted molar refractivity (Wildman–Crippen MR) is 126 cm³/mol. The number of ether oxygens (including phenoxy) is 1. The van der Waals surface area contributed by atoms with E-state index in [1.807, 2.05) is 64.7 Å². The molecule has 1 aliphatic heterocycles. The molecule has 0 aliphatic carbocycles. The molecule has 0 bridgehead atoms. The van der Waals surface area contributed by atoms with E-state index in [1.54, 1.807) is 13.2 Å². The minimum absolute atomic E-state index is 0.0110. The average Bonchev–Trinajstić information content (AvgIpc) is 3.49. The number of anilines is 2. The van der Waals surface area contributed by atoms with E-state index >= 15 is 0 Å². The minimum atomic E-state index is -0.224. The second kappa shape index (κ2) is 8.64. The van der Waals surface area contributed by atoms with Crippen LogP contribution in [0.1, 0.15) is 39.3 Å². The lowest BCUT2D eigenvalue weighted by atomic mass is 9.93. The molecule has 2 aromatic carbocycles. The molecular formula is C23H20ClN5O2S. The van der Waals surface area contributed by atoms with Gasteiger partial charge in [-0.1, -0.05) is 41.9 Å². The van der Waals surface area contributed by atoms with Crippen LogP contribution in [0.15, 0.2) is 66.0 Å². The molecule has 0 unspecified atom stereocenters. The molecule has 0 fully saturated rings. The number of fused-ring (bicyclic) bond motifs is 1. The number of nitrogens with zero attached hydrogens (tertiary/aromatic N) is 3. The molecule has 9 heteroatoms. The first-order valence-corrected chi connectivity index (χ1v) is 11.3. The Labute approximate surface area is 194 Å². The number of benzene rings is 2. The molecular weight excluding hydrogens is 446 g/mol. The van der Waals surface area contributed by atoms with Gasteiger partial charge in [-0.05, 0) is 53.3 Å². The molecule has 162 valence electrons. The Bertz CT molecular complexity index is 1220. The smallest absolute Gasteiger partial charge is 0.268 e. The number of carbonyl (C=O) groups is 1. The largest absolute Gasteiger partial charge is 0.497 e. The van der Waals surface area contributed by atoms with Crippen LogP contribution in [0.3, 0.4) is 0 Å². The zero-order valence-electron chi connectivity index (χ0n) is 17.2. The van der Waals surface area contributed by atoms with Crippen molar-refractivity contribution < 1.29 is 9.53 Å². The Hall–Kier alpha value is -3.36. The highest BCUT2D eigenvalue weighted by molar-refractivity contribution is 7.12. The summed E-state index contributed by atoms with van der Waals surface area (Å²) in [6.07, 6.45) is 0.753. The summed E-state index contributed by atoms with van der Waals surface area (Å²) in [6.45, 7) is 0. The van der Waals surface area contributed by atoms with Crippen LogP contribution in [-0.2, 0) is 0 Å². The van der Waals surface area contributed by atoms with Crippen LogP contribution in [0.4, 0.5) is 11.9 Å². The fourth-order valence-corrected chi connectivity index (χ4v) is 4.56. The number of nitrogens with one attached hydrogen (secondary N) is 2. The first kappa shape index (κ1) is 20.5. The van der Waals surface area contributed by atoms with E-state index in [-0.39, 0.29) is 23.9 Å². The van der Waals surface area contributed by atoms with Gasteiger partial charge in [-0.3, -0.25) is 10.1 Å². The number of hydrogen-bond acceptors (Lipinski definition) is 6. The van der Waals surface area contributed by atoms with E-state index in [0.29, 0.717) is 15.8 Å². The van der Waals surface area contributed by atoms with E-state index in [9.17, 15) is 4.79 Å². The SMILES string of the molecule is COc1ccc([C@H]2C[C@H](c3ccc(Cl)cc3)Nc3nc(NC(=O)c4cccs4)nn32)cc1. The Morgan fingerprint density at radius 2 is 1.91 bits per heavy atom. The molecule has 0 saturated carbocycles. The summed E-state index contributed by atoms with van der Waals surface area (Å²) in [6, 6.07) is 19.3. The van der Waals surface area contributed by atoms with Gasteiger partial charge in [-0.2, -0.15) is 4.98 Å². The second-order valence-electron chi connectivity index (χ2n) is 7.41. The van der Waals surface area contributed by atoms with Crippen molar-refractivity contribution in [3.63, 3.8) is 0 Å². The topological polar surface area (TPSA) is 81.1 Å². The van der Waals surface area contributed by atoms with Crippen molar-refractivity contribution in [2.75, 3.05) is 17.7 Å². The molecule has 0 radical (unpaired) electrons. The Kier molecular flexibility index (Phi) is 5.55. The number of thiophene rings is 1. The summed E-state index contributed by atoms with van der Waals surface area (Å²) in [4.78, 5) is 17.7. The predicted octanol–water partition coefficient (Wildman–Crippen LogP) is 5.40. The quantitative estimate of drug-likeness (QED) is 0.412. The van der Waals surface area contributed by atoms with Crippen LogP contribution < -0.4 is 15.4 Å². The van der Waals surface area contributed by atoms with Gasteiger partial charge in [0.1, 0.15) is 5.75 Å². The van der Waals surface area contributed by atoms with Crippen molar-refractivity contribution in [1.29, 1.82) is 0 Å². The zero-order valence-corrected chi connectivity index (χ0v) is 18.7. The van der Waals surface area contributed by atoms with Crippen molar-refractivity contribution in [1.82, 2.24) is 14.8 Å². The molecule has 5 rings (SSSR count). The van der Waals surface area contributed by atoms with Gasteiger partial charge in [0.25, 0.3) is 11.9 Å². The maximum Gasteiger partial charge on any atom is 0.268 e. The second-order valence-corrected chi connectivity index (χ2v) is 8.79. The van der Waals surface area contributed by atoms with E-state index in [2.05, 4.69) is 20.7 Å². The average molecular weight is 466 g/mol. The molecule has 0 saturated heterocycles. The van der Waals surface area contributed by atoms with Gasteiger partial charge in [0.05, 0.1) is 24.1 Å². The standard InChI is InChI=1S/C23H20ClN5O2S/c1-31-17-10-6-15(7-11-17)19-13-18(14-4-8-16(24)9-5-14)25-23-27-22(28-29(19)23)26-21(30)20-3-2-12-32-20/h2-12,18-19H,13H2,1H3,(H2,25,26,27,28,30)/t18-,19-/m1/s1. The van der Waals surface area contributed by atoms with Crippen LogP contribution in [0.5, 0.6) is 5.75 Å². The molecule has 2 N–H and O–H groups in total. The number of halogens is 1. The van der Waals surface area contributed by atoms with Crippen LogP contribution in [0.2, 0.25) is 5.02 Å². The Morgan fingerprint density at radius 3 is 2.59 bits per heavy atom. The van der Waals surface area contributed by atoms with E-state index in [0.717, 1.165) is 23.3 Å². The molecule has 1 aliphatic rings. The lowest BCUT2D eigenvalue weighted by Crippen LogP contribution is -2.28. The van der Waals surface area contributed by atoms with Crippen LogP contribution in [0, 0.1) is 0 Å². The number of carbonyl (C=O) groups excluding carboxylic acids is 1. The number of methoxy groups -OCH3 is 1. The fourth-order valence-electron chi connectivity index (χ4n) is 3.82. The van der Waals surface area contributed by atoms with Crippen LogP contribution in [-0.4, -0.2) is 27.8 Å². The first-order chi connectivity index (χ1) is 15.6. The highest BCUT2D eigenvalue weighted by atomic mass is 35.5. The molecule has 2 aromatic heterocycles. The molecule has 3 heterocycles. The van der Waals surface area contributed by atoms with E-state index < -0.39 is 0 Å². The summed E-state index contributed by atoms with van der Waals surface area (Å²) in [5.41, 5.74) is 2.18. The molecule has 0 spiro atoms. The van der Waals surface area contributed by atoms with Gasteiger partial charge < -0.3 is 10.1 Å². The molecule has 1 amide bonds. The van der Waals surface area contributed by atoms with Crippen LogP contribution in [0.25, 0.3) is 0 Å². The van der Waals surface area contributed by atoms with Crippen LogP contribution >= 0.6 is 22.9 Å². The summed E-state index contributed by atoms with van der Waals surface area (Å²) in [5, 5.41) is 13.4. The van der Waals surface area contributed by atoms with Gasteiger partial charge in [0.15, 0.2) is 0 Å². The molecule has 4 aromatic rings. The van der Waals surface area contributed by atoms with Gasteiger partial charge in [-0.15, -0.1) is 16.4 Å². The van der Waals surface area contributed by atoms with Gasteiger partial charge in [0, 0.05) is 5.02 Å². The minimum Gasteiger partial charge on any atom is -0.497 e. The number of aromatic nitrogens is 3. The van der Waals surface area contributed by atoms with Crippen molar-refractivity contribution in [3.05, 3.63) is 87.1 Å². The fraction of sp³-hybridized carbons (Fsp3) is 0.174. The summed E-state index contributed by atoms with van der Waals surface area (Å²) < 4.78 is 7.14. The number of hydrogen-bond donors (Lipinski definition) is 2. The first-order valence-electron chi connectivity index (χ1n) is 10.1. The van der Waals surface area contributed by atoms with Gasteiger partial charge in [-0.25, -0.2) is 4.68 Å². The third-order valence-corrected chi connectivity index (χ3v) is 6.55. The van der Waals surface area contributed by atoms with Crippen molar-refractivity contribution in [2.45, 2.75) is 18.5 Å². The van der Waals surface area contributed by atoms with E-state index in [1.165, 1.54) is 11.3 Å². The van der Waals surface area contributed by atoms with Crippen molar-refractivity contribution >= 4 is 40.7 Å². The number of rotatable bonds is 5. The lowest BCUT2D eigenvalue weighted by molar-refractivity contribution is 0.102. The molecule has 32 heavy (non-hydrogen) atoms. The normalized spacial score (nSPS) is 17.3. The van der Waals surface area contributed by atoms with Gasteiger partial charge >= 0.3 is 0 Å². The Morgan fingerprint density at radius 1 is 1.16 bits per heavy atom. The summed E-state index contributed by atoms with van der Waals surface area (Å²) >= 11 is 7.45. The van der Waals surface area contributed by atoms with Crippen molar-refractivity contribution in [3.8, 4) is 5.75 Å². The van der Waals surface area contributed by atoms with E-state index in [4.69, 9.17) is 16.3 Å². The maximum atomic E-state index is 12.5. The number of amides is 1. The van der Waals surface area contributed by atoms with Gasteiger partial charge in [0.2, 0.25) is 5.95 Å².